The summed E-state index contributed by atoms with van der Waals surface area (Å²) in [7, 11) is -4.08. The minimum atomic E-state index is -4.08. The van der Waals surface area contributed by atoms with Gasteiger partial charge in [-0.15, -0.1) is 0 Å². The average Bonchev–Trinajstić information content (AvgIpc) is 2.66. The normalized spacial score (nSPS) is 12.2. The van der Waals surface area contributed by atoms with Gasteiger partial charge in [-0.2, -0.15) is 0 Å². The third-order valence-corrected chi connectivity index (χ3v) is 5.75. The van der Waals surface area contributed by atoms with Crippen LogP contribution in [-0.4, -0.2) is 31.8 Å². The van der Waals surface area contributed by atoms with Crippen LogP contribution in [0, 0.1) is 10.1 Å². The molecule has 0 spiro atoms. The van der Waals surface area contributed by atoms with Crippen molar-refractivity contribution in [2.75, 3.05) is 10.8 Å². The van der Waals surface area contributed by atoms with Crippen molar-refractivity contribution >= 4 is 27.3 Å². The average molecular weight is 391 g/mol. The van der Waals surface area contributed by atoms with Gasteiger partial charge in [0.2, 0.25) is 5.91 Å². The standard InChI is InChI=1S/C18H21N3O5S/c1-3-14(2)19-18(22)13-20(15-8-7-9-16(12-15)21(23)24)27(25,26)17-10-5-4-6-11-17/h4-12,14H,3,13H2,1-2H3,(H,19,22). The Hall–Kier alpha value is -2.94. The molecule has 0 aliphatic rings. The van der Waals surface area contributed by atoms with Gasteiger partial charge in [-0.1, -0.05) is 31.2 Å². The lowest BCUT2D eigenvalue weighted by atomic mass is 10.2. The van der Waals surface area contributed by atoms with Gasteiger partial charge in [0.25, 0.3) is 15.7 Å². The van der Waals surface area contributed by atoms with Crippen LogP contribution in [0.4, 0.5) is 11.4 Å². The topological polar surface area (TPSA) is 110 Å². The fraction of sp³-hybridized carbons (Fsp3) is 0.278. The zero-order chi connectivity index (χ0) is 20.0. The molecule has 0 aliphatic carbocycles. The number of hydrogen-bond acceptors (Lipinski definition) is 5. The Morgan fingerprint density at radius 2 is 1.85 bits per heavy atom. The van der Waals surface area contributed by atoms with E-state index in [0.717, 1.165) is 10.4 Å². The Morgan fingerprint density at radius 1 is 1.19 bits per heavy atom. The van der Waals surface area contributed by atoms with E-state index in [2.05, 4.69) is 5.32 Å². The number of non-ortho nitro benzene ring substituents is 1. The fourth-order valence-corrected chi connectivity index (χ4v) is 3.78. The molecule has 0 saturated carbocycles. The van der Waals surface area contributed by atoms with Gasteiger partial charge in [0.05, 0.1) is 15.5 Å². The first-order valence-corrected chi connectivity index (χ1v) is 9.81. The molecule has 0 radical (unpaired) electrons. The van der Waals surface area contributed by atoms with Crippen LogP contribution < -0.4 is 9.62 Å². The van der Waals surface area contributed by atoms with Crippen LogP contribution in [0.1, 0.15) is 20.3 Å². The molecule has 8 nitrogen and oxygen atoms in total. The Bertz CT molecular complexity index is 916. The van der Waals surface area contributed by atoms with Gasteiger partial charge < -0.3 is 5.32 Å². The van der Waals surface area contributed by atoms with Gasteiger partial charge in [0.1, 0.15) is 6.54 Å². The minimum Gasteiger partial charge on any atom is -0.352 e. The summed E-state index contributed by atoms with van der Waals surface area (Å²) >= 11 is 0. The molecule has 2 aromatic rings. The highest BCUT2D eigenvalue weighted by Crippen LogP contribution is 2.26. The summed E-state index contributed by atoms with van der Waals surface area (Å²) in [5, 5.41) is 13.8. The van der Waals surface area contributed by atoms with Gasteiger partial charge in [-0.05, 0) is 31.5 Å². The van der Waals surface area contributed by atoms with Crippen molar-refractivity contribution in [3.63, 3.8) is 0 Å². The van der Waals surface area contributed by atoms with Crippen molar-refractivity contribution in [1.29, 1.82) is 0 Å². The predicted molar refractivity (Wildman–Crippen MR) is 102 cm³/mol. The molecular formula is C18H21N3O5S. The first-order chi connectivity index (χ1) is 12.8. The van der Waals surface area contributed by atoms with Gasteiger partial charge in [-0.25, -0.2) is 8.42 Å². The maximum absolute atomic E-state index is 13.1. The molecule has 2 rings (SSSR count). The largest absolute Gasteiger partial charge is 0.352 e. The number of nitrogens with one attached hydrogen (secondary N) is 1. The smallest absolute Gasteiger partial charge is 0.271 e. The number of anilines is 1. The molecule has 27 heavy (non-hydrogen) atoms. The number of nitrogens with zero attached hydrogens (tertiary/aromatic N) is 2. The summed E-state index contributed by atoms with van der Waals surface area (Å²) in [6, 6.07) is 12.7. The first-order valence-electron chi connectivity index (χ1n) is 8.37. The van der Waals surface area contributed by atoms with Crippen molar-refractivity contribution in [3.05, 3.63) is 64.7 Å². The van der Waals surface area contributed by atoms with E-state index in [9.17, 15) is 23.3 Å². The molecule has 9 heteroatoms. The van der Waals surface area contributed by atoms with Crippen LogP contribution in [-0.2, 0) is 14.8 Å². The second-order valence-electron chi connectivity index (χ2n) is 5.98. The third-order valence-electron chi connectivity index (χ3n) is 3.97. The van der Waals surface area contributed by atoms with E-state index in [1.54, 1.807) is 25.1 Å². The molecule has 0 saturated heterocycles. The molecule has 0 fully saturated rings. The Labute approximate surface area is 158 Å². The van der Waals surface area contributed by atoms with Gasteiger partial charge in [-0.3, -0.25) is 19.2 Å². The van der Waals surface area contributed by atoms with Crippen LogP contribution in [0.25, 0.3) is 0 Å². The molecule has 1 N–H and O–H groups in total. The molecule has 1 amide bonds. The molecule has 2 aromatic carbocycles. The Kier molecular flexibility index (Phi) is 6.51. The van der Waals surface area contributed by atoms with E-state index in [1.807, 2.05) is 6.92 Å². The second-order valence-corrected chi connectivity index (χ2v) is 7.84. The number of benzene rings is 2. The minimum absolute atomic E-state index is 0.00662. The second kappa shape index (κ2) is 8.63. The number of hydrogen-bond donors (Lipinski definition) is 1. The maximum atomic E-state index is 13.1. The Balaban J connectivity index is 2.47. The van der Waals surface area contributed by atoms with E-state index in [-0.39, 0.29) is 22.3 Å². The van der Waals surface area contributed by atoms with Crippen molar-refractivity contribution < 1.29 is 18.1 Å². The number of rotatable bonds is 8. The molecular weight excluding hydrogens is 370 g/mol. The number of nitro groups is 1. The van der Waals surface area contributed by atoms with Crippen LogP contribution in [0.15, 0.2) is 59.5 Å². The lowest BCUT2D eigenvalue weighted by Crippen LogP contribution is -2.43. The van der Waals surface area contributed by atoms with Crippen molar-refractivity contribution in [3.8, 4) is 0 Å². The maximum Gasteiger partial charge on any atom is 0.271 e. The first kappa shape index (κ1) is 20.4. The van der Waals surface area contributed by atoms with Gasteiger partial charge >= 0.3 is 0 Å². The highest BCUT2D eigenvalue weighted by atomic mass is 32.2. The molecule has 0 aliphatic heterocycles. The summed E-state index contributed by atoms with van der Waals surface area (Å²) in [6.07, 6.45) is 0.688. The molecule has 0 bridgehead atoms. The van der Waals surface area contributed by atoms with E-state index in [4.69, 9.17) is 0 Å². The highest BCUT2D eigenvalue weighted by molar-refractivity contribution is 7.92. The van der Waals surface area contributed by atoms with Gasteiger partial charge in [0, 0.05) is 18.2 Å². The molecule has 0 heterocycles. The van der Waals surface area contributed by atoms with Crippen LogP contribution >= 0.6 is 0 Å². The zero-order valence-corrected chi connectivity index (χ0v) is 15.8. The van der Waals surface area contributed by atoms with Crippen LogP contribution in [0.5, 0.6) is 0 Å². The number of carbonyl (C=O) groups excluding carboxylic acids is 1. The lowest BCUT2D eigenvalue weighted by Gasteiger charge is -2.24. The van der Waals surface area contributed by atoms with E-state index < -0.39 is 27.4 Å². The quantitative estimate of drug-likeness (QED) is 0.549. The molecule has 1 unspecified atom stereocenters. The zero-order valence-electron chi connectivity index (χ0n) is 15.0. The fourth-order valence-electron chi connectivity index (χ4n) is 2.35. The molecule has 144 valence electrons. The predicted octanol–water partition coefficient (Wildman–Crippen LogP) is 2.70. The van der Waals surface area contributed by atoms with E-state index in [0.29, 0.717) is 6.42 Å². The molecule has 1 atom stereocenters. The highest BCUT2D eigenvalue weighted by Gasteiger charge is 2.28. The Morgan fingerprint density at radius 3 is 2.44 bits per heavy atom. The number of sulfonamides is 1. The number of amides is 1. The van der Waals surface area contributed by atoms with Gasteiger partial charge in [0.15, 0.2) is 0 Å². The van der Waals surface area contributed by atoms with E-state index >= 15 is 0 Å². The SMILES string of the molecule is CCC(C)NC(=O)CN(c1cccc([N+](=O)[O-])c1)S(=O)(=O)c1ccccc1. The van der Waals surface area contributed by atoms with Crippen molar-refractivity contribution in [2.24, 2.45) is 0 Å². The summed E-state index contributed by atoms with van der Waals surface area (Å²) < 4.78 is 27.0. The van der Waals surface area contributed by atoms with Crippen molar-refractivity contribution in [1.82, 2.24) is 5.32 Å². The van der Waals surface area contributed by atoms with Crippen LogP contribution in [0.2, 0.25) is 0 Å². The third kappa shape index (κ3) is 5.04. The summed E-state index contributed by atoms with van der Waals surface area (Å²) in [5.74, 6) is -0.490. The summed E-state index contributed by atoms with van der Waals surface area (Å²) in [5.41, 5.74) is -0.213. The summed E-state index contributed by atoms with van der Waals surface area (Å²) in [6.45, 7) is 3.22. The van der Waals surface area contributed by atoms with Crippen LogP contribution in [0.3, 0.4) is 0 Å². The molecule has 0 aromatic heterocycles. The summed E-state index contributed by atoms with van der Waals surface area (Å²) in [4.78, 5) is 22.8. The lowest BCUT2D eigenvalue weighted by molar-refractivity contribution is -0.384. The van der Waals surface area contributed by atoms with Crippen molar-refractivity contribution in [2.45, 2.75) is 31.2 Å². The number of nitro benzene ring substituents is 1. The van der Waals surface area contributed by atoms with E-state index in [1.165, 1.54) is 30.3 Å². The number of carbonyl (C=O) groups is 1. The monoisotopic (exact) mass is 391 g/mol.